The monoisotopic (exact) mass is 251 g/mol. The maximum atomic E-state index is 5.39. The van der Waals surface area contributed by atoms with E-state index in [9.17, 15) is 0 Å². The maximum Gasteiger partial charge on any atom is 0.0480 e. The van der Waals surface area contributed by atoms with Gasteiger partial charge in [-0.1, -0.05) is 18.2 Å². The van der Waals surface area contributed by atoms with Crippen LogP contribution >= 0.6 is 11.8 Å². The highest BCUT2D eigenvalue weighted by Crippen LogP contribution is 2.18. The van der Waals surface area contributed by atoms with Gasteiger partial charge in [-0.2, -0.15) is 0 Å². The summed E-state index contributed by atoms with van der Waals surface area (Å²) in [5.74, 6) is 1.16. The van der Waals surface area contributed by atoms with E-state index < -0.39 is 0 Å². The quantitative estimate of drug-likeness (QED) is 0.747. The highest BCUT2D eigenvalue weighted by atomic mass is 32.2. The molecule has 2 nitrogen and oxygen atoms in total. The van der Waals surface area contributed by atoms with E-state index in [-0.39, 0.29) is 0 Å². The fraction of sp³-hybridized carbons (Fsp3) is 0.571. The summed E-state index contributed by atoms with van der Waals surface area (Å²) in [6.07, 6.45) is 2.37. The molecule has 1 aliphatic heterocycles. The van der Waals surface area contributed by atoms with Crippen molar-refractivity contribution in [2.75, 3.05) is 32.6 Å². The second-order valence-corrected chi connectivity index (χ2v) is 5.65. The van der Waals surface area contributed by atoms with Gasteiger partial charge < -0.3 is 9.64 Å². The first-order valence-corrected chi connectivity index (χ1v) is 7.30. The number of rotatable bonds is 5. The molecule has 0 saturated carbocycles. The van der Waals surface area contributed by atoms with Gasteiger partial charge in [-0.3, -0.25) is 0 Å². The second-order valence-electron chi connectivity index (χ2n) is 4.49. The normalized spacial score (nSPS) is 17.5. The molecule has 0 spiro atoms. The van der Waals surface area contributed by atoms with Crippen molar-refractivity contribution >= 4 is 11.8 Å². The topological polar surface area (TPSA) is 12.5 Å². The van der Waals surface area contributed by atoms with Gasteiger partial charge in [-0.05, 0) is 32.0 Å². The van der Waals surface area contributed by atoms with Gasteiger partial charge in [0, 0.05) is 36.4 Å². The molecule has 0 aromatic heterocycles. The molecule has 0 unspecified atom stereocenters. The van der Waals surface area contributed by atoms with Crippen LogP contribution in [0.15, 0.2) is 35.2 Å². The average molecular weight is 251 g/mol. The van der Waals surface area contributed by atoms with E-state index in [1.807, 2.05) is 11.8 Å². The molecule has 1 saturated heterocycles. The lowest BCUT2D eigenvalue weighted by Gasteiger charge is -2.31. The zero-order chi connectivity index (χ0) is 11.9. The van der Waals surface area contributed by atoms with Gasteiger partial charge in [-0.15, -0.1) is 11.8 Å². The Morgan fingerprint density at radius 2 is 1.94 bits per heavy atom. The fourth-order valence-corrected chi connectivity index (χ4v) is 3.10. The third-order valence-corrected chi connectivity index (χ3v) is 4.26. The summed E-state index contributed by atoms with van der Waals surface area (Å²) in [5, 5.41) is 0. The third kappa shape index (κ3) is 4.34. The lowest BCUT2D eigenvalue weighted by molar-refractivity contribution is 0.0450. The van der Waals surface area contributed by atoms with Gasteiger partial charge in [0.1, 0.15) is 0 Å². The summed E-state index contributed by atoms with van der Waals surface area (Å²) in [4.78, 5) is 3.85. The molecule has 0 bridgehead atoms. The second kappa shape index (κ2) is 7.04. The Bertz CT molecular complexity index is 311. The number of benzene rings is 1. The molecule has 94 valence electrons. The Balaban J connectivity index is 1.67. The van der Waals surface area contributed by atoms with Crippen LogP contribution in [0.5, 0.6) is 0 Å². The Labute approximate surface area is 108 Å². The molecule has 1 aromatic carbocycles. The zero-order valence-electron chi connectivity index (χ0n) is 10.5. The van der Waals surface area contributed by atoms with E-state index >= 15 is 0 Å². The van der Waals surface area contributed by atoms with Crippen LogP contribution in [0.2, 0.25) is 0 Å². The van der Waals surface area contributed by atoms with Gasteiger partial charge in [0.05, 0.1) is 0 Å². The summed E-state index contributed by atoms with van der Waals surface area (Å²) in [6.45, 7) is 3.02. The molecule has 17 heavy (non-hydrogen) atoms. The summed E-state index contributed by atoms with van der Waals surface area (Å²) in [6, 6.07) is 11.4. The minimum atomic E-state index is 0.722. The van der Waals surface area contributed by atoms with E-state index in [4.69, 9.17) is 4.74 Å². The van der Waals surface area contributed by atoms with Crippen LogP contribution in [0.4, 0.5) is 0 Å². The van der Waals surface area contributed by atoms with Crippen molar-refractivity contribution in [2.24, 2.45) is 0 Å². The van der Waals surface area contributed by atoms with Crippen LogP contribution in [0.1, 0.15) is 12.8 Å². The van der Waals surface area contributed by atoms with E-state index in [1.165, 1.54) is 17.7 Å². The highest BCUT2D eigenvalue weighted by molar-refractivity contribution is 7.99. The van der Waals surface area contributed by atoms with E-state index in [0.29, 0.717) is 0 Å². The Hall–Kier alpha value is -0.510. The molecule has 1 aliphatic rings. The molecule has 3 heteroatoms. The molecule has 0 atom stereocenters. The fourth-order valence-electron chi connectivity index (χ4n) is 2.13. The Kier molecular flexibility index (Phi) is 5.36. The van der Waals surface area contributed by atoms with Crippen molar-refractivity contribution in [3.05, 3.63) is 30.3 Å². The van der Waals surface area contributed by atoms with Gasteiger partial charge in [-0.25, -0.2) is 0 Å². The van der Waals surface area contributed by atoms with Crippen LogP contribution in [-0.4, -0.2) is 43.5 Å². The summed E-state index contributed by atoms with van der Waals surface area (Å²) in [7, 11) is 2.24. The molecule has 1 heterocycles. The molecular formula is C14H21NOS. The number of ether oxygens (including phenoxy) is 1. The van der Waals surface area contributed by atoms with Crippen molar-refractivity contribution < 1.29 is 4.74 Å². The predicted octanol–water partition coefficient (Wildman–Crippen LogP) is 2.89. The predicted molar refractivity (Wildman–Crippen MR) is 73.6 cm³/mol. The van der Waals surface area contributed by atoms with Crippen molar-refractivity contribution in [3.63, 3.8) is 0 Å². The SMILES string of the molecule is CN(CCSc1ccccc1)C1CCOCC1. The van der Waals surface area contributed by atoms with Crippen molar-refractivity contribution in [1.29, 1.82) is 0 Å². The molecule has 1 fully saturated rings. The van der Waals surface area contributed by atoms with E-state index in [2.05, 4.69) is 42.3 Å². The zero-order valence-corrected chi connectivity index (χ0v) is 11.3. The minimum absolute atomic E-state index is 0.722. The van der Waals surface area contributed by atoms with Crippen molar-refractivity contribution in [1.82, 2.24) is 4.90 Å². The van der Waals surface area contributed by atoms with Crippen LogP contribution in [0.3, 0.4) is 0 Å². The van der Waals surface area contributed by atoms with Gasteiger partial charge in [0.15, 0.2) is 0 Å². The van der Waals surface area contributed by atoms with Crippen LogP contribution in [0, 0.1) is 0 Å². The Morgan fingerprint density at radius 3 is 2.65 bits per heavy atom. The third-order valence-electron chi connectivity index (χ3n) is 3.27. The number of thioether (sulfide) groups is 1. The van der Waals surface area contributed by atoms with Gasteiger partial charge >= 0.3 is 0 Å². The number of hydrogen-bond acceptors (Lipinski definition) is 3. The van der Waals surface area contributed by atoms with Gasteiger partial charge in [0.2, 0.25) is 0 Å². The summed E-state index contributed by atoms with van der Waals surface area (Å²) in [5.41, 5.74) is 0. The van der Waals surface area contributed by atoms with E-state index in [0.717, 1.165) is 31.6 Å². The lowest BCUT2D eigenvalue weighted by Crippen LogP contribution is -2.37. The summed E-state index contributed by atoms with van der Waals surface area (Å²) >= 11 is 1.94. The molecule has 2 rings (SSSR count). The lowest BCUT2D eigenvalue weighted by atomic mass is 10.1. The minimum Gasteiger partial charge on any atom is -0.381 e. The first kappa shape index (κ1) is 12.9. The van der Waals surface area contributed by atoms with Crippen molar-refractivity contribution in [2.45, 2.75) is 23.8 Å². The van der Waals surface area contributed by atoms with Crippen LogP contribution in [-0.2, 0) is 4.74 Å². The molecule has 0 amide bonds. The average Bonchev–Trinajstić information content (AvgIpc) is 2.41. The first-order chi connectivity index (χ1) is 8.36. The highest BCUT2D eigenvalue weighted by Gasteiger charge is 2.17. The standard InChI is InChI=1S/C14H21NOS/c1-15(13-7-10-16-11-8-13)9-12-17-14-5-3-2-4-6-14/h2-6,13H,7-12H2,1H3. The maximum absolute atomic E-state index is 5.39. The molecule has 1 aromatic rings. The van der Waals surface area contributed by atoms with Crippen LogP contribution in [0.25, 0.3) is 0 Å². The molecule has 0 N–H and O–H groups in total. The number of hydrogen-bond donors (Lipinski definition) is 0. The van der Waals surface area contributed by atoms with Crippen LogP contribution < -0.4 is 0 Å². The Morgan fingerprint density at radius 1 is 1.24 bits per heavy atom. The molecule has 0 radical (unpaired) electrons. The smallest absolute Gasteiger partial charge is 0.0480 e. The molecule has 0 aliphatic carbocycles. The molecular weight excluding hydrogens is 230 g/mol. The van der Waals surface area contributed by atoms with E-state index in [1.54, 1.807) is 0 Å². The van der Waals surface area contributed by atoms with Gasteiger partial charge in [0.25, 0.3) is 0 Å². The first-order valence-electron chi connectivity index (χ1n) is 6.32. The number of nitrogens with zero attached hydrogens (tertiary/aromatic N) is 1. The summed E-state index contributed by atoms with van der Waals surface area (Å²) < 4.78 is 5.39. The van der Waals surface area contributed by atoms with Crippen molar-refractivity contribution in [3.8, 4) is 0 Å². The largest absolute Gasteiger partial charge is 0.381 e.